The van der Waals surface area contributed by atoms with Crippen LogP contribution < -0.4 is 4.90 Å². The molecule has 7 heteroatoms. The van der Waals surface area contributed by atoms with Gasteiger partial charge in [0, 0.05) is 30.1 Å². The fraction of sp³-hybridized carbons (Fsp3) is 0.158. The average molecular weight is 348 g/mol. The first kappa shape index (κ1) is 16.0. The van der Waals surface area contributed by atoms with Gasteiger partial charge in [0.05, 0.1) is 11.6 Å². The fourth-order valence-corrected chi connectivity index (χ4v) is 3.01. The summed E-state index contributed by atoms with van der Waals surface area (Å²) in [5.74, 6) is -0.0119. The summed E-state index contributed by atoms with van der Waals surface area (Å²) in [7, 11) is 0. The van der Waals surface area contributed by atoms with E-state index in [0.717, 1.165) is 0 Å². The highest BCUT2D eigenvalue weighted by Crippen LogP contribution is 2.31. The smallest absolute Gasteiger partial charge is 0.257 e. The first-order valence-corrected chi connectivity index (χ1v) is 8.04. The van der Waals surface area contributed by atoms with E-state index >= 15 is 0 Å². The van der Waals surface area contributed by atoms with Crippen LogP contribution in [0.1, 0.15) is 23.7 Å². The molecule has 4 rings (SSSR count). The van der Waals surface area contributed by atoms with Gasteiger partial charge in [0.2, 0.25) is 5.91 Å². The van der Waals surface area contributed by atoms with E-state index in [-0.39, 0.29) is 18.2 Å². The fourth-order valence-electron chi connectivity index (χ4n) is 3.01. The number of rotatable bonds is 3. The molecule has 1 fully saturated rings. The number of carbonyl (C=O) groups excluding carboxylic acids is 1. The quantitative estimate of drug-likeness (QED) is 0.725. The molecule has 1 amide bonds. The SMILES string of the molecule is N#Cc1cccc(-c2nc([C@H]3CC(=O)N(c4cccc(F)c4)C3)no2)c1. The van der Waals surface area contributed by atoms with Gasteiger partial charge in [-0.3, -0.25) is 4.79 Å². The first-order valence-electron chi connectivity index (χ1n) is 8.04. The van der Waals surface area contributed by atoms with E-state index < -0.39 is 5.82 Å². The maximum atomic E-state index is 13.4. The van der Waals surface area contributed by atoms with Crippen molar-refractivity contribution in [3.8, 4) is 17.5 Å². The summed E-state index contributed by atoms with van der Waals surface area (Å²) in [4.78, 5) is 18.2. The Labute approximate surface area is 148 Å². The monoisotopic (exact) mass is 348 g/mol. The molecule has 0 aliphatic carbocycles. The third kappa shape index (κ3) is 2.93. The molecule has 2 aromatic carbocycles. The van der Waals surface area contributed by atoms with E-state index in [2.05, 4.69) is 16.2 Å². The number of anilines is 1. The van der Waals surface area contributed by atoms with Gasteiger partial charge in [-0.25, -0.2) is 4.39 Å². The second-order valence-electron chi connectivity index (χ2n) is 6.04. The number of hydrogen-bond acceptors (Lipinski definition) is 5. The predicted molar refractivity (Wildman–Crippen MR) is 90.6 cm³/mol. The highest BCUT2D eigenvalue weighted by Gasteiger charge is 2.34. The Morgan fingerprint density at radius 1 is 1.23 bits per heavy atom. The van der Waals surface area contributed by atoms with Gasteiger partial charge in [0.15, 0.2) is 5.82 Å². The van der Waals surface area contributed by atoms with Crippen molar-refractivity contribution < 1.29 is 13.7 Å². The Morgan fingerprint density at radius 2 is 2.08 bits per heavy atom. The van der Waals surface area contributed by atoms with Gasteiger partial charge >= 0.3 is 0 Å². The Hall–Kier alpha value is -3.53. The van der Waals surface area contributed by atoms with E-state index in [1.807, 2.05) is 0 Å². The summed E-state index contributed by atoms with van der Waals surface area (Å²) in [6.45, 7) is 0.361. The molecule has 0 spiro atoms. The van der Waals surface area contributed by atoms with E-state index in [4.69, 9.17) is 9.78 Å². The lowest BCUT2D eigenvalue weighted by molar-refractivity contribution is -0.117. The van der Waals surface area contributed by atoms with Gasteiger partial charge in [-0.05, 0) is 36.4 Å². The van der Waals surface area contributed by atoms with Gasteiger partial charge in [-0.1, -0.05) is 17.3 Å². The van der Waals surface area contributed by atoms with Crippen molar-refractivity contribution in [1.82, 2.24) is 10.1 Å². The van der Waals surface area contributed by atoms with Gasteiger partial charge in [-0.2, -0.15) is 10.2 Å². The van der Waals surface area contributed by atoms with Crippen molar-refractivity contribution in [3.63, 3.8) is 0 Å². The molecule has 0 saturated carbocycles. The number of aromatic nitrogens is 2. The molecule has 3 aromatic rings. The Bertz CT molecular complexity index is 1020. The molecule has 1 aliphatic heterocycles. The van der Waals surface area contributed by atoms with Crippen LogP contribution >= 0.6 is 0 Å². The Morgan fingerprint density at radius 3 is 2.88 bits per heavy atom. The van der Waals surface area contributed by atoms with Gasteiger partial charge in [0.1, 0.15) is 5.82 Å². The van der Waals surface area contributed by atoms with E-state index in [1.54, 1.807) is 36.4 Å². The van der Waals surface area contributed by atoms with E-state index in [0.29, 0.717) is 35.1 Å². The highest BCUT2D eigenvalue weighted by molar-refractivity contribution is 5.96. The van der Waals surface area contributed by atoms with Crippen LogP contribution in [0.15, 0.2) is 53.1 Å². The number of halogens is 1. The van der Waals surface area contributed by atoms with E-state index in [9.17, 15) is 9.18 Å². The summed E-state index contributed by atoms with van der Waals surface area (Å²) >= 11 is 0. The number of nitriles is 1. The number of amides is 1. The van der Waals surface area contributed by atoms with Crippen molar-refractivity contribution in [2.24, 2.45) is 0 Å². The molecule has 128 valence electrons. The van der Waals surface area contributed by atoms with Crippen LogP contribution in [0.3, 0.4) is 0 Å². The van der Waals surface area contributed by atoms with Gasteiger partial charge in [0.25, 0.3) is 5.89 Å². The molecule has 0 unspecified atom stereocenters. The second kappa shape index (κ2) is 6.41. The van der Waals surface area contributed by atoms with Crippen LogP contribution in [0.5, 0.6) is 0 Å². The molecule has 26 heavy (non-hydrogen) atoms. The second-order valence-corrected chi connectivity index (χ2v) is 6.04. The molecule has 1 saturated heterocycles. The third-order valence-electron chi connectivity index (χ3n) is 4.29. The lowest BCUT2D eigenvalue weighted by atomic mass is 10.1. The summed E-state index contributed by atoms with van der Waals surface area (Å²) < 4.78 is 18.7. The lowest BCUT2D eigenvalue weighted by Crippen LogP contribution is -2.24. The number of carbonyl (C=O) groups is 1. The zero-order chi connectivity index (χ0) is 18.1. The van der Waals surface area contributed by atoms with Crippen molar-refractivity contribution in [2.75, 3.05) is 11.4 Å². The van der Waals surface area contributed by atoms with Crippen molar-refractivity contribution >= 4 is 11.6 Å². The summed E-state index contributed by atoms with van der Waals surface area (Å²) in [6, 6.07) is 14.9. The molecule has 0 N–H and O–H groups in total. The molecule has 1 aliphatic rings. The number of benzene rings is 2. The van der Waals surface area contributed by atoms with Crippen molar-refractivity contribution in [1.29, 1.82) is 5.26 Å². The topological polar surface area (TPSA) is 83.0 Å². The summed E-state index contributed by atoms with van der Waals surface area (Å²) in [6.07, 6.45) is 0.230. The Kier molecular flexibility index (Phi) is 3.93. The van der Waals surface area contributed by atoms with Crippen molar-refractivity contribution in [2.45, 2.75) is 12.3 Å². The van der Waals surface area contributed by atoms with Gasteiger partial charge in [-0.15, -0.1) is 0 Å². The molecule has 0 radical (unpaired) electrons. The maximum Gasteiger partial charge on any atom is 0.257 e. The van der Waals surface area contributed by atoms with Crippen LogP contribution in [-0.2, 0) is 4.79 Å². The van der Waals surface area contributed by atoms with Crippen LogP contribution in [-0.4, -0.2) is 22.6 Å². The normalized spacial score (nSPS) is 16.7. The maximum absolute atomic E-state index is 13.4. The summed E-state index contributed by atoms with van der Waals surface area (Å²) in [5.41, 5.74) is 1.66. The van der Waals surface area contributed by atoms with Crippen LogP contribution in [0.2, 0.25) is 0 Å². The molecular weight excluding hydrogens is 335 g/mol. The molecule has 0 bridgehead atoms. The minimum absolute atomic E-state index is 0.113. The third-order valence-corrected chi connectivity index (χ3v) is 4.29. The van der Waals surface area contributed by atoms with Crippen LogP contribution in [0.4, 0.5) is 10.1 Å². The van der Waals surface area contributed by atoms with Crippen LogP contribution in [0.25, 0.3) is 11.5 Å². The van der Waals surface area contributed by atoms with Gasteiger partial charge < -0.3 is 9.42 Å². The zero-order valence-electron chi connectivity index (χ0n) is 13.6. The molecule has 1 atom stereocenters. The molecule has 1 aromatic heterocycles. The van der Waals surface area contributed by atoms with E-state index in [1.165, 1.54) is 17.0 Å². The number of nitrogens with zero attached hydrogens (tertiary/aromatic N) is 4. The minimum atomic E-state index is -0.391. The highest BCUT2D eigenvalue weighted by atomic mass is 19.1. The minimum Gasteiger partial charge on any atom is -0.334 e. The lowest BCUT2D eigenvalue weighted by Gasteiger charge is -2.15. The largest absolute Gasteiger partial charge is 0.334 e. The first-order chi connectivity index (χ1) is 12.6. The molecule has 6 nitrogen and oxygen atoms in total. The van der Waals surface area contributed by atoms with Crippen LogP contribution in [0, 0.1) is 17.1 Å². The Balaban J connectivity index is 1.57. The zero-order valence-corrected chi connectivity index (χ0v) is 13.6. The molecular formula is C19H13FN4O2. The standard InChI is InChI=1S/C19H13FN4O2/c20-15-5-2-6-16(9-15)24-11-14(8-17(24)25)18-22-19(26-23-18)13-4-1-3-12(7-13)10-21/h1-7,9,14H,8,11H2/t14-/m0/s1. The number of hydrogen-bond donors (Lipinski definition) is 0. The summed E-state index contributed by atoms with van der Waals surface area (Å²) in [5, 5.41) is 13.0. The average Bonchev–Trinajstić information content (AvgIpc) is 3.28. The van der Waals surface area contributed by atoms with Crippen molar-refractivity contribution in [3.05, 3.63) is 65.7 Å². The molecule has 2 heterocycles. The predicted octanol–water partition coefficient (Wildman–Crippen LogP) is 3.27.